The summed E-state index contributed by atoms with van der Waals surface area (Å²) in [5.41, 5.74) is 6.00. The minimum absolute atomic E-state index is 0.0817. The van der Waals surface area contributed by atoms with Gasteiger partial charge in [-0.05, 0) is 41.2 Å². The molecule has 2 aliphatic heterocycles. The van der Waals surface area contributed by atoms with Crippen LogP contribution in [-0.2, 0) is 17.8 Å². The third kappa shape index (κ3) is 4.85. The van der Waals surface area contributed by atoms with Crippen LogP contribution in [0.3, 0.4) is 0 Å². The predicted molar refractivity (Wildman–Crippen MR) is 121 cm³/mol. The lowest BCUT2D eigenvalue weighted by atomic mass is 9.98. The van der Waals surface area contributed by atoms with Gasteiger partial charge in [-0.1, -0.05) is 44.2 Å². The normalized spacial score (nSPS) is 17.1. The SMILES string of the molecule is Cc1cccc(C(C)C)c1NC(=O)CN1CCN(Cc2ccc3c(c2)CCO3)CC1. The second-order valence-electron chi connectivity index (χ2n) is 8.83. The Morgan fingerprint density at radius 3 is 2.63 bits per heavy atom. The molecule has 1 fully saturated rings. The van der Waals surface area contributed by atoms with E-state index in [-0.39, 0.29) is 5.91 Å². The third-order valence-corrected chi connectivity index (χ3v) is 6.18. The number of aryl methyl sites for hydroxylation is 1. The van der Waals surface area contributed by atoms with E-state index in [1.807, 2.05) is 0 Å². The summed E-state index contributed by atoms with van der Waals surface area (Å²) in [6, 6.07) is 12.8. The van der Waals surface area contributed by atoms with E-state index in [4.69, 9.17) is 4.74 Å². The number of nitrogens with zero attached hydrogens (tertiary/aromatic N) is 2. The van der Waals surface area contributed by atoms with Crippen molar-refractivity contribution in [1.29, 1.82) is 0 Å². The number of amides is 1. The Morgan fingerprint density at radius 1 is 1.10 bits per heavy atom. The summed E-state index contributed by atoms with van der Waals surface area (Å²) in [6.45, 7) is 12.4. The van der Waals surface area contributed by atoms with E-state index in [2.05, 4.69) is 72.3 Å². The van der Waals surface area contributed by atoms with Gasteiger partial charge in [0.25, 0.3) is 0 Å². The van der Waals surface area contributed by atoms with Gasteiger partial charge in [-0.25, -0.2) is 0 Å². The molecule has 0 aromatic heterocycles. The number of benzene rings is 2. The number of ether oxygens (including phenoxy) is 1. The zero-order chi connectivity index (χ0) is 21.1. The van der Waals surface area contributed by atoms with Crippen LogP contribution in [0.2, 0.25) is 0 Å². The summed E-state index contributed by atoms with van der Waals surface area (Å²) in [7, 11) is 0. The summed E-state index contributed by atoms with van der Waals surface area (Å²) in [4.78, 5) is 17.4. The summed E-state index contributed by atoms with van der Waals surface area (Å²) in [5, 5.41) is 3.18. The molecule has 1 N–H and O–H groups in total. The minimum Gasteiger partial charge on any atom is -0.493 e. The van der Waals surface area contributed by atoms with E-state index in [1.54, 1.807) is 0 Å². The van der Waals surface area contributed by atoms with Crippen molar-refractivity contribution in [3.8, 4) is 5.75 Å². The quantitative estimate of drug-likeness (QED) is 0.791. The van der Waals surface area contributed by atoms with Crippen LogP contribution >= 0.6 is 0 Å². The molecule has 5 heteroatoms. The molecule has 0 atom stereocenters. The van der Waals surface area contributed by atoms with Crippen LogP contribution in [0.4, 0.5) is 5.69 Å². The lowest BCUT2D eigenvalue weighted by Crippen LogP contribution is -2.48. The highest BCUT2D eigenvalue weighted by Gasteiger charge is 2.21. The van der Waals surface area contributed by atoms with E-state index in [9.17, 15) is 4.79 Å². The van der Waals surface area contributed by atoms with Gasteiger partial charge in [-0.15, -0.1) is 0 Å². The summed E-state index contributed by atoms with van der Waals surface area (Å²) >= 11 is 0. The van der Waals surface area contributed by atoms with Crippen molar-refractivity contribution in [3.63, 3.8) is 0 Å². The standard InChI is InChI=1S/C25H33N3O2/c1-18(2)22-6-4-5-19(3)25(22)26-24(29)17-28-12-10-27(11-13-28)16-20-7-8-23-21(15-20)9-14-30-23/h4-8,15,18H,9-14,16-17H2,1-3H3,(H,26,29). The van der Waals surface area contributed by atoms with Gasteiger partial charge in [0.1, 0.15) is 5.75 Å². The van der Waals surface area contributed by atoms with Gasteiger partial charge in [0.05, 0.1) is 13.2 Å². The summed E-state index contributed by atoms with van der Waals surface area (Å²) in [5.74, 6) is 1.51. The third-order valence-electron chi connectivity index (χ3n) is 6.18. The second kappa shape index (κ2) is 9.19. The zero-order valence-corrected chi connectivity index (χ0v) is 18.4. The van der Waals surface area contributed by atoms with Crippen LogP contribution in [-0.4, -0.2) is 55.0 Å². The van der Waals surface area contributed by atoms with E-state index in [0.29, 0.717) is 12.5 Å². The fourth-order valence-electron chi connectivity index (χ4n) is 4.43. The lowest BCUT2D eigenvalue weighted by molar-refractivity contribution is -0.117. The number of piperazine rings is 1. The van der Waals surface area contributed by atoms with Gasteiger partial charge in [-0.3, -0.25) is 14.6 Å². The van der Waals surface area contributed by atoms with Crippen LogP contribution in [0.15, 0.2) is 36.4 Å². The van der Waals surface area contributed by atoms with Gasteiger partial charge in [-0.2, -0.15) is 0 Å². The Morgan fingerprint density at radius 2 is 1.87 bits per heavy atom. The average molecular weight is 408 g/mol. The van der Waals surface area contributed by atoms with Gasteiger partial charge < -0.3 is 10.1 Å². The highest BCUT2D eigenvalue weighted by Crippen LogP contribution is 2.28. The fourth-order valence-corrected chi connectivity index (χ4v) is 4.43. The predicted octanol–water partition coefficient (Wildman–Crippen LogP) is 3.81. The molecule has 2 aromatic rings. The van der Waals surface area contributed by atoms with Crippen molar-refractivity contribution in [1.82, 2.24) is 9.80 Å². The van der Waals surface area contributed by atoms with E-state index in [1.165, 1.54) is 16.7 Å². The largest absolute Gasteiger partial charge is 0.493 e. The molecule has 1 saturated heterocycles. The number of nitrogens with one attached hydrogen (secondary N) is 1. The number of carbonyl (C=O) groups is 1. The molecule has 1 amide bonds. The van der Waals surface area contributed by atoms with Crippen molar-refractivity contribution in [2.75, 3.05) is 44.6 Å². The second-order valence-corrected chi connectivity index (χ2v) is 8.83. The van der Waals surface area contributed by atoms with Crippen LogP contribution in [0.5, 0.6) is 5.75 Å². The highest BCUT2D eigenvalue weighted by atomic mass is 16.5. The van der Waals surface area contributed by atoms with E-state index in [0.717, 1.165) is 62.8 Å². The maximum absolute atomic E-state index is 12.7. The summed E-state index contributed by atoms with van der Waals surface area (Å²) < 4.78 is 5.61. The molecule has 0 bridgehead atoms. The maximum atomic E-state index is 12.7. The molecule has 0 saturated carbocycles. The molecule has 0 spiro atoms. The van der Waals surface area contributed by atoms with Crippen LogP contribution < -0.4 is 10.1 Å². The number of carbonyl (C=O) groups excluding carboxylic acids is 1. The van der Waals surface area contributed by atoms with Gasteiger partial charge in [0.2, 0.25) is 5.91 Å². The highest BCUT2D eigenvalue weighted by molar-refractivity contribution is 5.94. The monoisotopic (exact) mass is 407 g/mol. The van der Waals surface area contributed by atoms with Crippen molar-refractivity contribution in [3.05, 3.63) is 58.7 Å². The average Bonchev–Trinajstić information content (AvgIpc) is 3.18. The Hall–Kier alpha value is -2.37. The van der Waals surface area contributed by atoms with E-state index < -0.39 is 0 Å². The van der Waals surface area contributed by atoms with Gasteiger partial charge in [0, 0.05) is 44.8 Å². The minimum atomic E-state index is 0.0817. The first-order valence-electron chi connectivity index (χ1n) is 11.1. The lowest BCUT2D eigenvalue weighted by Gasteiger charge is -2.34. The molecule has 30 heavy (non-hydrogen) atoms. The number of hydrogen-bond donors (Lipinski definition) is 1. The molecule has 5 nitrogen and oxygen atoms in total. The van der Waals surface area contributed by atoms with Crippen LogP contribution in [0.25, 0.3) is 0 Å². The topological polar surface area (TPSA) is 44.8 Å². The number of anilines is 1. The molecule has 2 heterocycles. The van der Waals surface area contributed by atoms with Crippen LogP contribution in [0.1, 0.15) is 42.0 Å². The fraction of sp³-hybridized carbons (Fsp3) is 0.480. The molecule has 160 valence electrons. The molecule has 2 aromatic carbocycles. The smallest absolute Gasteiger partial charge is 0.238 e. The first-order valence-corrected chi connectivity index (χ1v) is 11.1. The number of para-hydroxylation sites is 1. The first kappa shape index (κ1) is 20.9. The van der Waals surface area contributed by atoms with Gasteiger partial charge in [0.15, 0.2) is 0 Å². The Labute approximate surface area is 180 Å². The van der Waals surface area contributed by atoms with E-state index >= 15 is 0 Å². The molecule has 0 aliphatic carbocycles. The maximum Gasteiger partial charge on any atom is 0.238 e. The molecular weight excluding hydrogens is 374 g/mol. The Balaban J connectivity index is 1.27. The molecule has 0 unspecified atom stereocenters. The van der Waals surface area contributed by atoms with Gasteiger partial charge >= 0.3 is 0 Å². The summed E-state index contributed by atoms with van der Waals surface area (Å²) in [6.07, 6.45) is 1.02. The number of fused-ring (bicyclic) bond motifs is 1. The molecule has 4 rings (SSSR count). The number of hydrogen-bond acceptors (Lipinski definition) is 4. The Kier molecular flexibility index (Phi) is 6.40. The molecule has 0 radical (unpaired) electrons. The van der Waals surface area contributed by atoms with Crippen molar-refractivity contribution < 1.29 is 9.53 Å². The van der Waals surface area contributed by atoms with Crippen molar-refractivity contribution >= 4 is 11.6 Å². The van der Waals surface area contributed by atoms with Crippen molar-refractivity contribution in [2.45, 2.75) is 39.7 Å². The molecule has 2 aliphatic rings. The zero-order valence-electron chi connectivity index (χ0n) is 18.4. The van der Waals surface area contributed by atoms with Crippen LogP contribution in [0, 0.1) is 6.92 Å². The first-order chi connectivity index (χ1) is 14.5. The Bertz CT molecular complexity index is 901. The molecular formula is C25H33N3O2. The number of rotatable bonds is 6. The van der Waals surface area contributed by atoms with Crippen molar-refractivity contribution in [2.24, 2.45) is 0 Å².